The summed E-state index contributed by atoms with van der Waals surface area (Å²) in [5.74, 6) is -0.946. The molecular formula is C19H20ClFN2O2. The topological polar surface area (TPSA) is 49.4 Å². The van der Waals surface area contributed by atoms with Gasteiger partial charge in [0.05, 0.1) is 6.42 Å². The van der Waals surface area contributed by atoms with Crippen molar-refractivity contribution in [3.63, 3.8) is 0 Å². The molecule has 1 N–H and O–H groups in total. The number of hydrogen-bond acceptors (Lipinski definition) is 2. The molecule has 0 aliphatic heterocycles. The lowest BCUT2D eigenvalue weighted by Crippen LogP contribution is -2.30. The molecule has 0 bridgehead atoms. The Balaban J connectivity index is 2.03. The van der Waals surface area contributed by atoms with Gasteiger partial charge in [-0.1, -0.05) is 17.7 Å². The zero-order chi connectivity index (χ0) is 18.4. The normalized spacial score (nSPS) is 10.4. The second-order valence-corrected chi connectivity index (χ2v) is 5.89. The van der Waals surface area contributed by atoms with Crippen LogP contribution in [0.2, 0.25) is 5.02 Å². The summed E-state index contributed by atoms with van der Waals surface area (Å²) >= 11 is 5.93. The van der Waals surface area contributed by atoms with Crippen molar-refractivity contribution >= 4 is 29.1 Å². The Bertz CT molecular complexity index is 738. The summed E-state index contributed by atoms with van der Waals surface area (Å²) < 4.78 is 13.7. The molecule has 0 aliphatic carbocycles. The molecule has 2 amide bonds. The van der Waals surface area contributed by atoms with Crippen molar-refractivity contribution in [3.05, 3.63) is 64.4 Å². The minimum atomic E-state index is -0.511. The van der Waals surface area contributed by atoms with Gasteiger partial charge in [-0.3, -0.25) is 9.59 Å². The quantitative estimate of drug-likeness (QED) is 0.839. The van der Waals surface area contributed by atoms with Crippen LogP contribution in [0.15, 0.2) is 42.5 Å². The Kier molecular flexibility index (Phi) is 6.53. The molecule has 25 heavy (non-hydrogen) atoms. The van der Waals surface area contributed by atoms with Crippen LogP contribution < -0.4 is 5.32 Å². The fraction of sp³-hybridized carbons (Fsp3) is 0.263. The van der Waals surface area contributed by atoms with Crippen LogP contribution in [0.4, 0.5) is 10.1 Å². The van der Waals surface area contributed by atoms with Gasteiger partial charge in [0.2, 0.25) is 5.91 Å². The average Bonchev–Trinajstić information content (AvgIpc) is 2.60. The zero-order valence-corrected chi connectivity index (χ0v) is 14.9. The lowest BCUT2D eigenvalue weighted by Gasteiger charge is -2.18. The van der Waals surface area contributed by atoms with Crippen molar-refractivity contribution < 1.29 is 14.0 Å². The van der Waals surface area contributed by atoms with E-state index in [1.54, 1.807) is 35.2 Å². The van der Waals surface area contributed by atoms with Gasteiger partial charge in [-0.05, 0) is 50.2 Å². The second kappa shape index (κ2) is 8.62. The smallest absolute Gasteiger partial charge is 0.253 e. The number of anilines is 1. The van der Waals surface area contributed by atoms with Crippen molar-refractivity contribution in [3.8, 4) is 0 Å². The number of hydrogen-bond donors (Lipinski definition) is 1. The molecular weight excluding hydrogens is 343 g/mol. The van der Waals surface area contributed by atoms with Crippen LogP contribution in [0, 0.1) is 5.82 Å². The zero-order valence-electron chi connectivity index (χ0n) is 14.2. The molecule has 0 fully saturated rings. The van der Waals surface area contributed by atoms with Crippen molar-refractivity contribution in [1.82, 2.24) is 4.90 Å². The van der Waals surface area contributed by atoms with Gasteiger partial charge < -0.3 is 10.2 Å². The summed E-state index contributed by atoms with van der Waals surface area (Å²) in [4.78, 5) is 26.0. The lowest BCUT2D eigenvalue weighted by atomic mass is 10.1. The summed E-state index contributed by atoms with van der Waals surface area (Å²) in [7, 11) is 0. The Hall–Kier alpha value is -2.40. The first-order valence-corrected chi connectivity index (χ1v) is 8.46. The van der Waals surface area contributed by atoms with Gasteiger partial charge in [-0.25, -0.2) is 4.39 Å². The number of carbonyl (C=O) groups is 2. The molecule has 0 atom stereocenters. The number of halogens is 2. The van der Waals surface area contributed by atoms with Gasteiger partial charge >= 0.3 is 0 Å². The SMILES string of the molecule is CCN(CC)C(=O)c1ccc(NC(=O)Cc2c(F)cccc2Cl)cc1. The third kappa shape index (κ3) is 4.79. The standard InChI is InChI=1S/C19H20ClFN2O2/c1-3-23(4-2)19(25)13-8-10-14(11-9-13)22-18(24)12-15-16(20)6-5-7-17(15)21/h5-11H,3-4,12H2,1-2H3,(H,22,24). The van der Waals surface area contributed by atoms with Crippen LogP contribution >= 0.6 is 11.6 Å². The molecule has 0 unspecified atom stereocenters. The first-order valence-electron chi connectivity index (χ1n) is 8.08. The molecule has 4 nitrogen and oxygen atoms in total. The van der Waals surface area contributed by atoms with Crippen LogP contribution in [-0.2, 0) is 11.2 Å². The van der Waals surface area contributed by atoms with Crippen molar-refractivity contribution in [1.29, 1.82) is 0 Å². The molecule has 0 saturated carbocycles. The third-order valence-electron chi connectivity index (χ3n) is 3.87. The fourth-order valence-electron chi connectivity index (χ4n) is 2.46. The average molecular weight is 363 g/mol. The van der Waals surface area contributed by atoms with Crippen LogP contribution in [0.3, 0.4) is 0 Å². The first kappa shape index (κ1) is 18.9. The van der Waals surface area contributed by atoms with E-state index in [-0.39, 0.29) is 28.8 Å². The third-order valence-corrected chi connectivity index (χ3v) is 4.22. The number of amides is 2. The van der Waals surface area contributed by atoms with E-state index < -0.39 is 5.82 Å². The van der Waals surface area contributed by atoms with E-state index in [2.05, 4.69) is 5.32 Å². The minimum absolute atomic E-state index is 0.0546. The maximum Gasteiger partial charge on any atom is 0.253 e. The summed E-state index contributed by atoms with van der Waals surface area (Å²) in [6.45, 7) is 5.11. The van der Waals surface area contributed by atoms with Crippen LogP contribution in [0.1, 0.15) is 29.8 Å². The maximum atomic E-state index is 13.7. The van der Waals surface area contributed by atoms with Gasteiger partial charge in [-0.15, -0.1) is 0 Å². The minimum Gasteiger partial charge on any atom is -0.339 e. The van der Waals surface area contributed by atoms with E-state index in [4.69, 9.17) is 11.6 Å². The highest BCUT2D eigenvalue weighted by atomic mass is 35.5. The van der Waals surface area contributed by atoms with E-state index in [0.29, 0.717) is 24.3 Å². The molecule has 2 aromatic rings. The molecule has 0 radical (unpaired) electrons. The van der Waals surface area contributed by atoms with Gasteiger partial charge in [0.25, 0.3) is 5.91 Å². The Morgan fingerprint density at radius 2 is 1.72 bits per heavy atom. The molecule has 0 aliphatic rings. The molecule has 0 spiro atoms. The van der Waals surface area contributed by atoms with Crippen LogP contribution in [0.25, 0.3) is 0 Å². The number of carbonyl (C=O) groups excluding carboxylic acids is 2. The predicted octanol–water partition coefficient (Wildman–Crippen LogP) is 4.14. The number of benzene rings is 2. The Labute approximate surface area is 151 Å². The van der Waals surface area contributed by atoms with Crippen molar-refractivity contribution in [2.75, 3.05) is 18.4 Å². The Morgan fingerprint density at radius 3 is 2.28 bits per heavy atom. The molecule has 0 saturated heterocycles. The van der Waals surface area contributed by atoms with E-state index in [9.17, 15) is 14.0 Å². The van der Waals surface area contributed by atoms with Crippen molar-refractivity contribution in [2.45, 2.75) is 20.3 Å². The largest absolute Gasteiger partial charge is 0.339 e. The van der Waals surface area contributed by atoms with Crippen LogP contribution in [0.5, 0.6) is 0 Å². The summed E-state index contributed by atoms with van der Waals surface area (Å²) in [6.07, 6.45) is -0.161. The maximum absolute atomic E-state index is 13.7. The van der Waals surface area contributed by atoms with Gasteiger partial charge in [0.1, 0.15) is 5.82 Å². The van der Waals surface area contributed by atoms with Gasteiger partial charge in [0, 0.05) is 34.9 Å². The first-order chi connectivity index (χ1) is 12.0. The highest BCUT2D eigenvalue weighted by Crippen LogP contribution is 2.20. The summed E-state index contributed by atoms with van der Waals surface area (Å²) in [5.41, 5.74) is 1.25. The molecule has 6 heteroatoms. The van der Waals surface area contributed by atoms with Gasteiger partial charge in [0.15, 0.2) is 0 Å². The summed E-state index contributed by atoms with van der Waals surface area (Å²) in [5, 5.41) is 2.90. The molecule has 0 heterocycles. The second-order valence-electron chi connectivity index (χ2n) is 5.48. The van der Waals surface area contributed by atoms with Crippen molar-refractivity contribution in [2.24, 2.45) is 0 Å². The van der Waals surface area contributed by atoms with Crippen LogP contribution in [-0.4, -0.2) is 29.8 Å². The van der Waals surface area contributed by atoms with E-state index in [1.807, 2.05) is 13.8 Å². The molecule has 0 aromatic heterocycles. The number of nitrogens with zero attached hydrogens (tertiary/aromatic N) is 1. The predicted molar refractivity (Wildman–Crippen MR) is 97.4 cm³/mol. The van der Waals surface area contributed by atoms with Gasteiger partial charge in [-0.2, -0.15) is 0 Å². The van der Waals surface area contributed by atoms with E-state index in [0.717, 1.165) is 0 Å². The number of rotatable bonds is 6. The Morgan fingerprint density at radius 1 is 1.08 bits per heavy atom. The molecule has 132 valence electrons. The summed E-state index contributed by atoms with van der Waals surface area (Å²) in [6, 6.07) is 10.9. The molecule has 2 rings (SSSR count). The lowest BCUT2D eigenvalue weighted by molar-refractivity contribution is -0.115. The van der Waals surface area contributed by atoms with E-state index in [1.165, 1.54) is 12.1 Å². The monoisotopic (exact) mass is 362 g/mol. The fourth-order valence-corrected chi connectivity index (χ4v) is 2.69. The highest BCUT2D eigenvalue weighted by Gasteiger charge is 2.14. The molecule has 2 aromatic carbocycles. The number of nitrogens with one attached hydrogen (secondary N) is 1. The van der Waals surface area contributed by atoms with E-state index >= 15 is 0 Å². The highest BCUT2D eigenvalue weighted by molar-refractivity contribution is 6.31.